The van der Waals surface area contributed by atoms with Gasteiger partial charge in [-0.1, -0.05) is 23.5 Å². The first kappa shape index (κ1) is 18.7. The first-order valence-electron chi connectivity index (χ1n) is 9.34. The van der Waals surface area contributed by atoms with Crippen LogP contribution >= 0.6 is 11.3 Å². The first-order valence-corrected chi connectivity index (χ1v) is 10.2. The number of carbonyl (C=O) groups is 1. The highest BCUT2D eigenvalue weighted by atomic mass is 32.1. The van der Waals surface area contributed by atoms with Crippen molar-refractivity contribution < 1.29 is 13.9 Å². The van der Waals surface area contributed by atoms with Crippen LogP contribution in [0.25, 0.3) is 10.2 Å². The number of hydrogen-bond donors (Lipinski definition) is 1. The average Bonchev–Trinajstić information content (AvgIpc) is 3.12. The smallest absolute Gasteiger partial charge is 0.321 e. The van der Waals surface area contributed by atoms with Crippen molar-refractivity contribution in [1.29, 1.82) is 0 Å². The van der Waals surface area contributed by atoms with Gasteiger partial charge in [-0.15, -0.1) is 0 Å². The number of fused-ring (bicyclic) bond motifs is 1. The van der Waals surface area contributed by atoms with Gasteiger partial charge in [0.1, 0.15) is 11.9 Å². The van der Waals surface area contributed by atoms with E-state index in [4.69, 9.17) is 4.74 Å². The molecule has 1 aromatic heterocycles. The normalized spacial score (nSPS) is 15.0. The first-order chi connectivity index (χ1) is 13.5. The lowest BCUT2D eigenvalue weighted by Crippen LogP contribution is -2.43. The molecule has 28 heavy (non-hydrogen) atoms. The van der Waals surface area contributed by atoms with Gasteiger partial charge in [0.15, 0.2) is 0 Å². The van der Waals surface area contributed by atoms with E-state index in [9.17, 15) is 9.18 Å². The molecular formula is C21H22FN3O2S. The van der Waals surface area contributed by atoms with Gasteiger partial charge in [0, 0.05) is 31.6 Å². The quantitative estimate of drug-likeness (QED) is 0.664. The minimum absolute atomic E-state index is 0.0519. The van der Waals surface area contributed by atoms with Crippen molar-refractivity contribution in [3.63, 3.8) is 0 Å². The minimum Gasteiger partial charge on any atom is -0.467 e. The van der Waals surface area contributed by atoms with Gasteiger partial charge >= 0.3 is 6.03 Å². The van der Waals surface area contributed by atoms with Crippen LogP contribution in [0.1, 0.15) is 24.0 Å². The molecule has 2 heterocycles. The highest BCUT2D eigenvalue weighted by molar-refractivity contribution is 7.20. The van der Waals surface area contributed by atoms with Crippen molar-refractivity contribution in [3.05, 3.63) is 53.3 Å². The molecule has 7 heteroatoms. The Morgan fingerprint density at radius 2 is 1.82 bits per heavy atom. The second-order valence-corrected chi connectivity index (χ2v) is 8.06. The van der Waals surface area contributed by atoms with Crippen molar-refractivity contribution in [3.8, 4) is 5.19 Å². The van der Waals surface area contributed by atoms with Crippen molar-refractivity contribution in [2.45, 2.75) is 32.8 Å². The number of benzene rings is 2. The lowest BCUT2D eigenvalue weighted by atomic mass is 10.1. The number of amides is 2. The maximum atomic E-state index is 13.0. The van der Waals surface area contributed by atoms with E-state index in [-0.39, 0.29) is 18.0 Å². The standard InChI is InChI=1S/C21H22FN3O2S/c1-13-3-4-14(2)19-18(13)24-21(28-19)27-17-9-11-25(12-10-17)20(26)23-16-7-5-15(22)6-8-16/h3-8,17H,9-12H2,1-2H3,(H,23,26). The maximum absolute atomic E-state index is 13.0. The van der Waals surface area contributed by atoms with E-state index in [1.54, 1.807) is 28.4 Å². The Labute approximate surface area is 167 Å². The number of aromatic nitrogens is 1. The van der Waals surface area contributed by atoms with Crippen molar-refractivity contribution in [2.24, 2.45) is 0 Å². The summed E-state index contributed by atoms with van der Waals surface area (Å²) in [6.45, 7) is 5.37. The third-order valence-electron chi connectivity index (χ3n) is 5.01. The van der Waals surface area contributed by atoms with E-state index in [1.807, 2.05) is 0 Å². The Hall–Kier alpha value is -2.67. The van der Waals surface area contributed by atoms with Crippen LogP contribution in [0.4, 0.5) is 14.9 Å². The van der Waals surface area contributed by atoms with Gasteiger partial charge in [0.25, 0.3) is 5.19 Å². The second kappa shape index (κ2) is 7.75. The van der Waals surface area contributed by atoms with Crippen molar-refractivity contribution in [2.75, 3.05) is 18.4 Å². The molecule has 0 spiro atoms. The number of urea groups is 1. The van der Waals surface area contributed by atoms with Gasteiger partial charge in [-0.25, -0.2) is 14.2 Å². The molecule has 1 N–H and O–H groups in total. The Balaban J connectivity index is 1.34. The molecule has 2 aromatic carbocycles. The number of halogens is 1. The molecule has 4 rings (SSSR count). The minimum atomic E-state index is -0.323. The number of nitrogens with one attached hydrogen (secondary N) is 1. The molecule has 0 aliphatic carbocycles. The van der Waals surface area contributed by atoms with Crippen LogP contribution < -0.4 is 10.1 Å². The molecule has 1 fully saturated rings. The third-order valence-corrected chi connectivity index (χ3v) is 6.10. The molecule has 2 amide bonds. The van der Waals surface area contributed by atoms with Crippen LogP contribution in [0.3, 0.4) is 0 Å². The Morgan fingerprint density at radius 3 is 2.50 bits per heavy atom. The predicted molar refractivity (Wildman–Crippen MR) is 110 cm³/mol. The molecule has 1 aliphatic rings. The molecule has 5 nitrogen and oxygen atoms in total. The van der Waals surface area contributed by atoms with Crippen LogP contribution in [0.2, 0.25) is 0 Å². The average molecular weight is 399 g/mol. The molecule has 146 valence electrons. The summed E-state index contributed by atoms with van der Waals surface area (Å²) in [6, 6.07) is 9.79. The number of carbonyl (C=O) groups excluding carboxylic acids is 1. The number of nitrogens with zero attached hydrogens (tertiary/aromatic N) is 2. The molecule has 1 saturated heterocycles. The van der Waals surface area contributed by atoms with E-state index in [0.29, 0.717) is 24.0 Å². The number of rotatable bonds is 3. The zero-order valence-corrected chi connectivity index (χ0v) is 16.7. The summed E-state index contributed by atoms with van der Waals surface area (Å²) in [7, 11) is 0. The molecule has 3 aromatic rings. The number of ether oxygens (including phenoxy) is 1. The Morgan fingerprint density at radius 1 is 1.14 bits per heavy atom. The number of aryl methyl sites for hydroxylation is 2. The van der Waals surface area contributed by atoms with E-state index in [2.05, 4.69) is 36.3 Å². The van der Waals surface area contributed by atoms with Gasteiger partial charge in [-0.3, -0.25) is 0 Å². The Kier molecular flexibility index (Phi) is 5.17. The predicted octanol–water partition coefficient (Wildman–Crippen LogP) is 5.13. The van der Waals surface area contributed by atoms with E-state index in [0.717, 1.165) is 23.9 Å². The highest BCUT2D eigenvalue weighted by Crippen LogP contribution is 2.33. The third kappa shape index (κ3) is 3.94. The van der Waals surface area contributed by atoms with Gasteiger partial charge in [0.05, 0.1) is 10.2 Å². The number of piperidine rings is 1. The topological polar surface area (TPSA) is 54.5 Å². The number of likely N-dealkylation sites (tertiary alicyclic amines) is 1. The zero-order valence-electron chi connectivity index (χ0n) is 15.9. The van der Waals surface area contributed by atoms with Crippen molar-refractivity contribution in [1.82, 2.24) is 9.88 Å². The highest BCUT2D eigenvalue weighted by Gasteiger charge is 2.25. The van der Waals surface area contributed by atoms with E-state index in [1.165, 1.54) is 22.4 Å². The summed E-state index contributed by atoms with van der Waals surface area (Å²) in [5, 5.41) is 3.50. The Bertz CT molecular complexity index is 956. The van der Waals surface area contributed by atoms with Crippen molar-refractivity contribution >= 4 is 33.3 Å². The van der Waals surface area contributed by atoms with Crippen LogP contribution in [0.5, 0.6) is 5.19 Å². The second-order valence-electron chi connectivity index (χ2n) is 7.10. The van der Waals surface area contributed by atoms with Crippen LogP contribution in [0.15, 0.2) is 36.4 Å². The molecule has 0 atom stereocenters. The fourth-order valence-corrected chi connectivity index (χ4v) is 4.37. The maximum Gasteiger partial charge on any atom is 0.321 e. The lowest BCUT2D eigenvalue weighted by molar-refractivity contribution is 0.115. The summed E-state index contributed by atoms with van der Waals surface area (Å²) < 4.78 is 20.3. The summed E-state index contributed by atoms with van der Waals surface area (Å²) >= 11 is 1.58. The van der Waals surface area contributed by atoms with Gasteiger partial charge in [-0.2, -0.15) is 0 Å². The molecule has 1 aliphatic heterocycles. The molecule has 0 radical (unpaired) electrons. The monoisotopic (exact) mass is 399 g/mol. The fraction of sp³-hybridized carbons (Fsp3) is 0.333. The number of hydrogen-bond acceptors (Lipinski definition) is 4. The number of thiazole rings is 1. The van der Waals surface area contributed by atoms with Gasteiger partial charge in [-0.05, 0) is 49.2 Å². The summed E-state index contributed by atoms with van der Waals surface area (Å²) in [6.07, 6.45) is 1.56. The molecule has 0 unspecified atom stereocenters. The van der Waals surface area contributed by atoms with Crippen LogP contribution in [0, 0.1) is 19.7 Å². The van der Waals surface area contributed by atoms with Crippen LogP contribution in [-0.2, 0) is 0 Å². The van der Waals surface area contributed by atoms with Crippen LogP contribution in [-0.4, -0.2) is 35.1 Å². The largest absolute Gasteiger partial charge is 0.467 e. The molecule has 0 saturated carbocycles. The lowest BCUT2D eigenvalue weighted by Gasteiger charge is -2.31. The number of anilines is 1. The summed E-state index contributed by atoms with van der Waals surface area (Å²) in [4.78, 5) is 18.8. The SMILES string of the molecule is Cc1ccc(C)c2sc(OC3CCN(C(=O)Nc4ccc(F)cc4)CC3)nc12. The molecule has 0 bridgehead atoms. The zero-order chi connectivity index (χ0) is 19.7. The van der Waals surface area contributed by atoms with Gasteiger partial charge in [0.2, 0.25) is 0 Å². The van der Waals surface area contributed by atoms with Gasteiger partial charge < -0.3 is 15.0 Å². The van der Waals surface area contributed by atoms with E-state index >= 15 is 0 Å². The summed E-state index contributed by atoms with van der Waals surface area (Å²) in [5.41, 5.74) is 3.96. The summed E-state index contributed by atoms with van der Waals surface area (Å²) in [5.74, 6) is -0.323. The fourth-order valence-electron chi connectivity index (χ4n) is 3.35. The van der Waals surface area contributed by atoms with E-state index < -0.39 is 0 Å². The molecular weight excluding hydrogens is 377 g/mol.